The van der Waals surface area contributed by atoms with Crippen molar-refractivity contribution in [2.75, 3.05) is 0 Å². The number of halogens is 2. The summed E-state index contributed by atoms with van der Waals surface area (Å²) in [5.74, 6) is 5.09. The van der Waals surface area contributed by atoms with Crippen LogP contribution in [0.2, 0.25) is 0 Å². The van der Waals surface area contributed by atoms with Gasteiger partial charge in [-0.2, -0.15) is 0 Å². The van der Waals surface area contributed by atoms with Crippen molar-refractivity contribution in [3.63, 3.8) is 0 Å². The molecule has 4 rings (SSSR count). The number of rotatable bonds is 3. The predicted molar refractivity (Wildman–Crippen MR) is 105 cm³/mol. The molecule has 0 aromatic heterocycles. The minimum atomic E-state index is -0.625. The molecular formula is C23H38ClF. The van der Waals surface area contributed by atoms with Gasteiger partial charge in [0.25, 0.3) is 0 Å². The molecule has 25 heavy (non-hydrogen) atoms. The molecule has 0 radical (unpaired) electrons. The fourth-order valence-electron chi connectivity index (χ4n) is 7.18. The van der Waals surface area contributed by atoms with Crippen LogP contribution >= 0.6 is 11.6 Å². The van der Waals surface area contributed by atoms with Crippen LogP contribution in [0.1, 0.15) is 96.3 Å². The Morgan fingerprint density at radius 2 is 0.960 bits per heavy atom. The lowest BCUT2D eigenvalue weighted by Crippen LogP contribution is -2.35. The molecule has 0 aromatic rings. The fourth-order valence-corrected chi connectivity index (χ4v) is 7.48. The van der Waals surface area contributed by atoms with E-state index in [1.54, 1.807) is 0 Å². The van der Waals surface area contributed by atoms with Gasteiger partial charge in [0, 0.05) is 5.38 Å². The van der Waals surface area contributed by atoms with Gasteiger partial charge in [0.05, 0.1) is 0 Å². The quantitative estimate of drug-likeness (QED) is 0.451. The third-order valence-electron chi connectivity index (χ3n) is 8.73. The van der Waals surface area contributed by atoms with E-state index in [1.807, 2.05) is 0 Å². The van der Waals surface area contributed by atoms with Crippen LogP contribution in [0, 0.1) is 35.5 Å². The standard InChI is InChI=1S/C23H38ClF/c24-21-13-14-22(23(25)15-21)20-11-9-19(10-12-20)18-7-5-17(6-8-18)16-3-1-2-4-16/h16-23H,1-15H2. The molecule has 0 saturated heterocycles. The second kappa shape index (κ2) is 8.49. The molecule has 0 spiro atoms. The van der Waals surface area contributed by atoms with E-state index in [9.17, 15) is 4.39 Å². The van der Waals surface area contributed by atoms with E-state index >= 15 is 0 Å². The van der Waals surface area contributed by atoms with E-state index in [0.717, 1.165) is 36.5 Å². The molecule has 0 N–H and O–H groups in total. The zero-order valence-corrected chi connectivity index (χ0v) is 16.7. The van der Waals surface area contributed by atoms with Gasteiger partial charge in [0.1, 0.15) is 6.17 Å². The molecule has 0 aliphatic heterocycles. The molecule has 4 saturated carbocycles. The first kappa shape index (κ1) is 18.6. The van der Waals surface area contributed by atoms with Crippen molar-refractivity contribution in [1.82, 2.24) is 0 Å². The summed E-state index contributed by atoms with van der Waals surface area (Å²) in [6.45, 7) is 0. The number of hydrogen-bond acceptors (Lipinski definition) is 0. The first-order chi connectivity index (χ1) is 12.2. The molecule has 4 fully saturated rings. The van der Waals surface area contributed by atoms with E-state index in [4.69, 9.17) is 11.6 Å². The normalized spacial score (nSPS) is 47.0. The third-order valence-corrected chi connectivity index (χ3v) is 9.13. The summed E-state index contributed by atoms with van der Waals surface area (Å²) in [5, 5.41) is 0.0950. The van der Waals surface area contributed by atoms with Crippen molar-refractivity contribution >= 4 is 11.6 Å². The molecule has 2 heteroatoms. The molecule has 0 bridgehead atoms. The Balaban J connectivity index is 1.21. The molecule has 4 aliphatic rings. The summed E-state index contributed by atoms with van der Waals surface area (Å²) in [7, 11) is 0. The summed E-state index contributed by atoms with van der Waals surface area (Å²) in [4.78, 5) is 0. The van der Waals surface area contributed by atoms with Crippen LogP contribution in [-0.2, 0) is 0 Å². The lowest BCUT2D eigenvalue weighted by molar-refractivity contribution is 0.0630. The number of alkyl halides is 2. The van der Waals surface area contributed by atoms with Crippen LogP contribution in [0.15, 0.2) is 0 Å². The Morgan fingerprint density at radius 1 is 0.520 bits per heavy atom. The third kappa shape index (κ3) is 4.39. The Labute approximate surface area is 159 Å². The Kier molecular flexibility index (Phi) is 6.31. The van der Waals surface area contributed by atoms with Crippen molar-refractivity contribution in [2.45, 2.75) is 108 Å². The van der Waals surface area contributed by atoms with Gasteiger partial charge in [0.15, 0.2) is 0 Å². The van der Waals surface area contributed by atoms with Crippen LogP contribution in [0.4, 0.5) is 4.39 Å². The summed E-state index contributed by atoms with van der Waals surface area (Å²) >= 11 is 6.16. The van der Waals surface area contributed by atoms with E-state index in [0.29, 0.717) is 18.3 Å². The highest BCUT2D eigenvalue weighted by Crippen LogP contribution is 2.48. The van der Waals surface area contributed by atoms with Gasteiger partial charge in [0.2, 0.25) is 0 Å². The highest BCUT2D eigenvalue weighted by molar-refractivity contribution is 6.20. The van der Waals surface area contributed by atoms with Gasteiger partial charge in [-0.1, -0.05) is 25.7 Å². The largest absolute Gasteiger partial charge is 0.247 e. The highest BCUT2D eigenvalue weighted by Gasteiger charge is 2.39. The predicted octanol–water partition coefficient (Wildman–Crippen LogP) is 7.54. The van der Waals surface area contributed by atoms with Crippen LogP contribution in [-0.4, -0.2) is 11.5 Å². The van der Waals surface area contributed by atoms with Gasteiger partial charge >= 0.3 is 0 Å². The Bertz CT molecular complexity index is 402. The van der Waals surface area contributed by atoms with Crippen LogP contribution in [0.25, 0.3) is 0 Å². The minimum Gasteiger partial charge on any atom is -0.247 e. The lowest BCUT2D eigenvalue weighted by Gasteiger charge is -2.42. The topological polar surface area (TPSA) is 0 Å². The maximum atomic E-state index is 14.4. The van der Waals surface area contributed by atoms with Gasteiger partial charge in [-0.15, -0.1) is 11.6 Å². The zero-order chi connectivity index (χ0) is 17.2. The average Bonchev–Trinajstić information content (AvgIpc) is 3.17. The van der Waals surface area contributed by atoms with Crippen LogP contribution in [0.5, 0.6) is 0 Å². The van der Waals surface area contributed by atoms with E-state index in [1.165, 1.54) is 77.0 Å². The molecule has 0 amide bonds. The van der Waals surface area contributed by atoms with Crippen molar-refractivity contribution < 1.29 is 4.39 Å². The SMILES string of the molecule is FC1CC(Cl)CCC1C1CCC(C2CCC(C3CCCC3)CC2)CC1. The highest BCUT2D eigenvalue weighted by atomic mass is 35.5. The second-order valence-corrected chi connectivity index (χ2v) is 10.6. The van der Waals surface area contributed by atoms with Crippen molar-refractivity contribution in [3.05, 3.63) is 0 Å². The molecule has 0 nitrogen and oxygen atoms in total. The van der Waals surface area contributed by atoms with Crippen molar-refractivity contribution in [1.29, 1.82) is 0 Å². The minimum absolute atomic E-state index is 0.0950. The van der Waals surface area contributed by atoms with Crippen molar-refractivity contribution in [2.24, 2.45) is 35.5 Å². The lowest BCUT2D eigenvalue weighted by atomic mass is 9.64. The first-order valence-electron chi connectivity index (χ1n) is 11.5. The molecule has 3 unspecified atom stereocenters. The van der Waals surface area contributed by atoms with Gasteiger partial charge in [-0.25, -0.2) is 4.39 Å². The zero-order valence-electron chi connectivity index (χ0n) is 16.0. The molecule has 4 aliphatic carbocycles. The average molecular weight is 369 g/mol. The molecule has 0 aromatic carbocycles. The van der Waals surface area contributed by atoms with Gasteiger partial charge < -0.3 is 0 Å². The van der Waals surface area contributed by atoms with Gasteiger partial charge in [-0.3, -0.25) is 0 Å². The molecular weight excluding hydrogens is 331 g/mol. The number of hydrogen-bond donors (Lipinski definition) is 0. The van der Waals surface area contributed by atoms with E-state index < -0.39 is 6.17 Å². The monoisotopic (exact) mass is 368 g/mol. The fraction of sp³-hybridized carbons (Fsp3) is 1.00. The second-order valence-electron chi connectivity index (χ2n) is 9.98. The summed E-state index contributed by atoms with van der Waals surface area (Å²) < 4.78 is 14.4. The molecule has 3 atom stereocenters. The van der Waals surface area contributed by atoms with Crippen LogP contribution < -0.4 is 0 Å². The smallest absolute Gasteiger partial charge is 0.105 e. The summed E-state index contributed by atoms with van der Waals surface area (Å²) in [6.07, 6.45) is 19.5. The molecule has 144 valence electrons. The first-order valence-corrected chi connectivity index (χ1v) is 11.9. The maximum absolute atomic E-state index is 14.4. The Morgan fingerprint density at radius 3 is 1.44 bits per heavy atom. The summed E-state index contributed by atoms with van der Waals surface area (Å²) in [5.41, 5.74) is 0. The van der Waals surface area contributed by atoms with E-state index in [2.05, 4.69) is 0 Å². The van der Waals surface area contributed by atoms with Crippen molar-refractivity contribution in [3.8, 4) is 0 Å². The molecule has 0 heterocycles. The maximum Gasteiger partial charge on any atom is 0.105 e. The Hall–Kier alpha value is 0.220. The van der Waals surface area contributed by atoms with Gasteiger partial charge in [-0.05, 0) is 106 Å². The van der Waals surface area contributed by atoms with Crippen LogP contribution in [0.3, 0.4) is 0 Å². The van der Waals surface area contributed by atoms with E-state index in [-0.39, 0.29) is 5.38 Å². The summed E-state index contributed by atoms with van der Waals surface area (Å²) in [6, 6.07) is 0.